The van der Waals surface area contributed by atoms with Crippen molar-refractivity contribution in [2.75, 3.05) is 31.5 Å². The highest BCUT2D eigenvalue weighted by atomic mass is 16.2. The van der Waals surface area contributed by atoms with Gasteiger partial charge in [-0.25, -0.2) is 0 Å². The van der Waals surface area contributed by atoms with Crippen molar-refractivity contribution in [2.24, 2.45) is 17.6 Å². The quantitative estimate of drug-likeness (QED) is 0.0467. The molecule has 16 nitrogen and oxygen atoms in total. The van der Waals surface area contributed by atoms with Gasteiger partial charge in [0.05, 0.1) is 18.2 Å². The summed E-state index contributed by atoms with van der Waals surface area (Å²) in [7, 11) is 0. The minimum absolute atomic E-state index is 0.0386. The number of hydrogen-bond acceptors (Lipinski definition) is 10. The van der Waals surface area contributed by atoms with Crippen LogP contribution in [0.2, 0.25) is 1.41 Å². The molecule has 1 saturated heterocycles. The fourth-order valence-electron chi connectivity index (χ4n) is 8.85. The molecule has 1 aliphatic carbocycles. The molecular weight excluding hydrogens is 889 g/mol. The zero-order chi connectivity index (χ0) is 51.2. The zero-order valence-electron chi connectivity index (χ0n) is 41.4. The molecule has 0 radical (unpaired) electrons. The maximum atomic E-state index is 14.4. The molecular formula is C54H66N8O8. The van der Waals surface area contributed by atoms with E-state index in [-0.39, 0.29) is 49.3 Å². The van der Waals surface area contributed by atoms with Crippen molar-refractivity contribution in [2.45, 2.75) is 103 Å². The van der Waals surface area contributed by atoms with Gasteiger partial charge >= 0.3 is 0 Å². The molecule has 16 heteroatoms. The van der Waals surface area contributed by atoms with Crippen LogP contribution in [-0.4, -0.2) is 108 Å². The Morgan fingerprint density at radius 3 is 1.97 bits per heavy atom. The van der Waals surface area contributed by atoms with E-state index < -0.39 is 72.2 Å². The molecule has 70 heavy (non-hydrogen) atoms. The monoisotopic (exact) mass is 956 g/mol. The number of nitrogens with two attached hydrogens (primary N) is 1. The largest absolute Gasteiger partial charge is 0.384 e. The number of hydrogen-bond donors (Lipinski definition) is 7. The van der Waals surface area contributed by atoms with E-state index in [1.807, 2.05) is 51.1 Å². The molecule has 6 atom stereocenters. The van der Waals surface area contributed by atoms with Crippen LogP contribution in [0.1, 0.15) is 103 Å². The van der Waals surface area contributed by atoms with Crippen LogP contribution in [0.3, 0.4) is 0 Å². The summed E-state index contributed by atoms with van der Waals surface area (Å²) in [6.45, 7) is 7.64. The minimum Gasteiger partial charge on any atom is -0.384 e. The van der Waals surface area contributed by atoms with Crippen LogP contribution >= 0.6 is 0 Å². The lowest BCUT2D eigenvalue weighted by Crippen LogP contribution is -2.59. The molecule has 1 fully saturated rings. The Hall–Kier alpha value is -7.20. The van der Waals surface area contributed by atoms with Crippen molar-refractivity contribution in [3.05, 3.63) is 137 Å². The molecule has 0 saturated carbocycles. The molecule has 4 aromatic carbocycles. The van der Waals surface area contributed by atoms with Crippen LogP contribution in [0.25, 0.3) is 0 Å². The molecule has 2 aliphatic rings. The number of nitrogens with zero attached hydrogens (tertiary/aromatic N) is 1. The predicted molar refractivity (Wildman–Crippen MR) is 267 cm³/mol. The van der Waals surface area contributed by atoms with Gasteiger partial charge in [-0.2, -0.15) is 0 Å². The number of likely N-dealkylation sites (tertiary alicyclic amines) is 1. The lowest BCUT2D eigenvalue weighted by atomic mass is 9.83. The highest BCUT2D eigenvalue weighted by molar-refractivity contribution is 6.30. The van der Waals surface area contributed by atoms with Crippen molar-refractivity contribution >= 4 is 52.7 Å². The van der Waals surface area contributed by atoms with Crippen LogP contribution in [0.4, 0.5) is 5.69 Å². The number of nitrogens with one attached hydrogen (secondary N) is 6. The highest BCUT2D eigenvalue weighted by Crippen LogP contribution is 2.32. The van der Waals surface area contributed by atoms with E-state index in [1.54, 1.807) is 79.7 Å². The maximum Gasteiger partial charge on any atom is 0.246 e. The van der Waals surface area contributed by atoms with Crippen LogP contribution in [-0.2, 0) is 41.6 Å². The molecule has 1 aliphatic heterocycles. The van der Waals surface area contributed by atoms with Crippen LogP contribution in [0.15, 0.2) is 103 Å². The van der Waals surface area contributed by atoms with Gasteiger partial charge < -0.3 is 42.5 Å². The van der Waals surface area contributed by atoms with E-state index >= 15 is 0 Å². The van der Waals surface area contributed by atoms with E-state index in [1.165, 1.54) is 4.90 Å². The first-order valence-corrected chi connectivity index (χ1v) is 24.3. The third-order valence-electron chi connectivity index (χ3n) is 12.8. The van der Waals surface area contributed by atoms with Crippen LogP contribution in [0.5, 0.6) is 0 Å². The number of fused-ring (bicyclic) bond motifs is 2. The average molecular weight is 956 g/mol. The Morgan fingerprint density at radius 2 is 1.33 bits per heavy atom. The lowest BCUT2D eigenvalue weighted by Gasteiger charge is -2.29. The Morgan fingerprint density at radius 1 is 0.714 bits per heavy atom. The van der Waals surface area contributed by atoms with Gasteiger partial charge in [-0.05, 0) is 54.7 Å². The van der Waals surface area contributed by atoms with Gasteiger partial charge in [0.25, 0.3) is 0 Å². The molecule has 370 valence electrons. The fourth-order valence-corrected chi connectivity index (χ4v) is 8.85. The summed E-state index contributed by atoms with van der Waals surface area (Å²) in [6, 6.07) is 24.5. The summed E-state index contributed by atoms with van der Waals surface area (Å²) in [5, 5.41) is 14.8. The standard InChI is InChI=1S/C54H66N8O8/c1-5-34(4)47(61-51(67)42(30-35-17-8-6-9-18-35)60-50(66)40(55)29-33(2)3)53(69)58-32-45(63)59-43(31-36-19-10-7-11-20-36)54(70)62-28-15-25-44(62)52(68)57-27-16-26-56-41-24-14-23-39-46(41)49(65)38-22-13-12-21-37(38)48(39)64/h6-14,17-24,33-34,40,42-44,47,56H,5,15-16,25-32,55H2,1-4H3,(H,57,68)(H,58,69)(H,59,63)(H,60,66)(H,61,67)/t34-,40-,42-,43-,44-,47-/m0/s1/i/hD. The number of ketones is 2. The Labute approximate surface area is 411 Å². The SMILES string of the molecule is [2H]N(C(=O)CNC(=O)[C@@H](NC(=O)[C@H](Cc1ccccc1)NC(=O)[C@@H](N)CC(C)C)[C@@H](C)CC)[C@@H](Cc1ccccc1)C(=O)N1CCC[C@H]1C(=O)NCCCNc1cccc2c1C(=O)c1ccccc1C2=O. The summed E-state index contributed by atoms with van der Waals surface area (Å²) in [4.78, 5) is 111. The van der Waals surface area contributed by atoms with Crippen molar-refractivity contribution in [1.82, 2.24) is 31.5 Å². The van der Waals surface area contributed by atoms with Gasteiger partial charge in [-0.3, -0.25) is 38.4 Å². The number of amides is 6. The molecule has 6 rings (SSSR count). The van der Waals surface area contributed by atoms with E-state index in [0.717, 1.165) is 5.56 Å². The molecule has 1 heterocycles. The molecule has 6 amide bonds. The van der Waals surface area contributed by atoms with Crippen molar-refractivity contribution in [3.8, 4) is 0 Å². The van der Waals surface area contributed by atoms with E-state index in [0.29, 0.717) is 77.5 Å². The minimum atomic E-state index is -1.35. The second kappa shape index (κ2) is 24.9. The first-order chi connectivity index (χ1) is 34.1. The fraction of sp³-hybridized carbons (Fsp3) is 0.407. The number of rotatable bonds is 23. The summed E-state index contributed by atoms with van der Waals surface area (Å²) >= 11 is 0. The molecule has 8 N–H and O–H groups in total. The van der Waals surface area contributed by atoms with Gasteiger partial charge in [0.2, 0.25) is 35.4 Å². The Kier molecular flexibility index (Phi) is 18.0. The van der Waals surface area contributed by atoms with Crippen LogP contribution < -0.4 is 37.6 Å². The average Bonchev–Trinajstić information content (AvgIpc) is 3.88. The molecule has 4 aromatic rings. The van der Waals surface area contributed by atoms with Crippen molar-refractivity contribution in [1.29, 1.82) is 0 Å². The smallest absolute Gasteiger partial charge is 0.246 e. The molecule has 0 bridgehead atoms. The molecule has 0 aromatic heterocycles. The van der Waals surface area contributed by atoms with Crippen LogP contribution in [0, 0.1) is 11.8 Å². The lowest BCUT2D eigenvalue weighted by molar-refractivity contribution is -0.141. The van der Waals surface area contributed by atoms with E-state index in [9.17, 15) is 38.4 Å². The Balaban J connectivity index is 1.07. The highest BCUT2D eigenvalue weighted by Gasteiger charge is 2.38. The van der Waals surface area contributed by atoms with Crippen molar-refractivity contribution in [3.63, 3.8) is 0 Å². The third kappa shape index (κ3) is 13.5. The maximum absolute atomic E-state index is 14.4. The van der Waals surface area contributed by atoms with E-state index in [4.69, 9.17) is 7.15 Å². The van der Waals surface area contributed by atoms with E-state index in [2.05, 4.69) is 26.6 Å². The first kappa shape index (κ1) is 50.7. The van der Waals surface area contributed by atoms with Gasteiger partial charge in [-0.1, -0.05) is 131 Å². The van der Waals surface area contributed by atoms with Gasteiger partial charge in [0.1, 0.15) is 24.2 Å². The molecule has 0 spiro atoms. The number of anilines is 1. The summed E-state index contributed by atoms with van der Waals surface area (Å²) in [5.74, 6) is -4.42. The zero-order valence-corrected chi connectivity index (χ0v) is 40.4. The number of benzene rings is 4. The topological polar surface area (TPSA) is 238 Å². The number of carbonyl (C=O) groups excluding carboxylic acids is 8. The van der Waals surface area contributed by atoms with Crippen molar-refractivity contribution < 1.29 is 39.8 Å². The summed E-state index contributed by atoms with van der Waals surface area (Å²) in [5.41, 5.74) is 9.48. The van der Waals surface area contributed by atoms with Gasteiger partial charge in [-0.15, -0.1) is 0 Å². The van der Waals surface area contributed by atoms with Gasteiger partial charge in [0.15, 0.2) is 13.0 Å². The number of carbonyl (C=O) groups is 8. The first-order valence-electron chi connectivity index (χ1n) is 24.7. The summed E-state index contributed by atoms with van der Waals surface area (Å²) in [6.07, 6.45) is 2.30. The summed E-state index contributed by atoms with van der Waals surface area (Å²) < 4.78 is 9.01. The normalized spacial score (nSPS) is 16.3. The predicted octanol–water partition coefficient (Wildman–Crippen LogP) is 3.85. The Bertz CT molecular complexity index is 2560. The second-order valence-corrected chi connectivity index (χ2v) is 18.5. The molecule has 0 unspecified atom stereocenters. The van der Waals surface area contributed by atoms with Gasteiger partial charge in [0, 0.05) is 54.9 Å². The second-order valence-electron chi connectivity index (χ2n) is 18.5. The third-order valence-corrected chi connectivity index (χ3v) is 12.8.